The van der Waals surface area contributed by atoms with Crippen LogP contribution in [0.25, 0.3) is 0 Å². The highest BCUT2D eigenvalue weighted by atomic mass is 127. The van der Waals surface area contributed by atoms with Crippen molar-refractivity contribution < 1.29 is 26.3 Å². The Kier molecular flexibility index (Phi) is 9.08. The third-order valence-electron chi connectivity index (χ3n) is 3.83. The van der Waals surface area contributed by atoms with Gasteiger partial charge in [-0.3, -0.25) is 4.99 Å². The van der Waals surface area contributed by atoms with Gasteiger partial charge in [0.05, 0.1) is 18.0 Å². The standard InChI is InChI=1S/C15H21F3N4O3S.HI/c16-15(17,18)25-13-7-2-1-6-12(13)22-14(19)20-8-9-26(23,24)21-10-11-4-3-5-11;/h1-2,6-7,11,21H,3-5,8-10H2,(H3,19,20,22);1H. The Hall–Kier alpha value is -1.28. The molecule has 7 nitrogen and oxygen atoms in total. The van der Waals surface area contributed by atoms with Gasteiger partial charge in [0.15, 0.2) is 11.7 Å². The fraction of sp³-hybridized carbons (Fsp3) is 0.533. The van der Waals surface area contributed by atoms with Gasteiger partial charge in [-0.05, 0) is 30.9 Å². The first-order valence-corrected chi connectivity index (χ1v) is 9.69. The number of hydrogen-bond donors (Lipinski definition) is 3. The Morgan fingerprint density at radius 1 is 1.30 bits per heavy atom. The van der Waals surface area contributed by atoms with Crippen molar-refractivity contribution in [3.63, 3.8) is 0 Å². The molecule has 0 aliphatic heterocycles. The number of hydrogen-bond acceptors (Lipinski definition) is 4. The fourth-order valence-corrected chi connectivity index (χ4v) is 3.23. The number of benzene rings is 1. The van der Waals surface area contributed by atoms with Gasteiger partial charge < -0.3 is 15.8 Å². The molecule has 0 heterocycles. The molecule has 4 N–H and O–H groups in total. The van der Waals surface area contributed by atoms with E-state index in [-0.39, 0.29) is 47.9 Å². The smallest absolute Gasteiger partial charge is 0.404 e. The number of guanidine groups is 1. The Labute approximate surface area is 173 Å². The molecule has 154 valence electrons. The van der Waals surface area contributed by atoms with E-state index in [0.29, 0.717) is 12.5 Å². The van der Waals surface area contributed by atoms with Crippen LogP contribution in [0.5, 0.6) is 5.75 Å². The van der Waals surface area contributed by atoms with E-state index >= 15 is 0 Å². The van der Waals surface area contributed by atoms with Crippen LogP contribution in [0.3, 0.4) is 0 Å². The molecule has 0 radical (unpaired) electrons. The number of nitrogens with two attached hydrogens (primary N) is 1. The number of sulfonamides is 1. The van der Waals surface area contributed by atoms with Crippen LogP contribution in [0.4, 0.5) is 18.9 Å². The van der Waals surface area contributed by atoms with E-state index < -0.39 is 22.1 Å². The number of ether oxygens (including phenoxy) is 1. The van der Waals surface area contributed by atoms with Crippen molar-refractivity contribution in [2.24, 2.45) is 16.6 Å². The molecule has 1 aromatic carbocycles. The zero-order valence-corrected chi connectivity index (χ0v) is 17.5. The molecule has 0 atom stereocenters. The minimum Gasteiger partial charge on any atom is -0.404 e. The highest BCUT2D eigenvalue weighted by molar-refractivity contribution is 14.0. The summed E-state index contributed by atoms with van der Waals surface area (Å²) in [5, 5.41) is 2.48. The van der Waals surface area contributed by atoms with Gasteiger partial charge in [-0.2, -0.15) is 0 Å². The summed E-state index contributed by atoms with van der Waals surface area (Å²) in [4.78, 5) is 3.83. The summed E-state index contributed by atoms with van der Waals surface area (Å²) < 4.78 is 67.2. The summed E-state index contributed by atoms with van der Waals surface area (Å²) in [7, 11) is -3.47. The van der Waals surface area contributed by atoms with Crippen LogP contribution in [0.2, 0.25) is 0 Å². The minimum atomic E-state index is -4.84. The summed E-state index contributed by atoms with van der Waals surface area (Å²) in [6.07, 6.45) is -1.67. The third-order valence-corrected chi connectivity index (χ3v) is 5.16. The quantitative estimate of drug-likeness (QED) is 0.277. The summed E-state index contributed by atoms with van der Waals surface area (Å²) >= 11 is 0. The molecule has 0 aromatic heterocycles. The van der Waals surface area contributed by atoms with Crippen molar-refractivity contribution >= 4 is 45.6 Å². The Bertz CT molecular complexity index is 740. The normalized spacial score (nSPS) is 15.6. The van der Waals surface area contributed by atoms with Crippen LogP contribution in [0, 0.1) is 5.92 Å². The van der Waals surface area contributed by atoms with Crippen molar-refractivity contribution in [2.45, 2.75) is 25.6 Å². The van der Waals surface area contributed by atoms with Gasteiger partial charge in [0.2, 0.25) is 10.0 Å². The zero-order chi connectivity index (χ0) is 19.2. The second-order valence-electron chi connectivity index (χ2n) is 5.90. The van der Waals surface area contributed by atoms with E-state index in [1.54, 1.807) is 0 Å². The Balaban J connectivity index is 0.00000364. The Morgan fingerprint density at radius 3 is 2.56 bits per heavy atom. The first-order chi connectivity index (χ1) is 12.1. The number of para-hydroxylation sites is 2. The molecule has 1 aliphatic rings. The average Bonchev–Trinajstić information content (AvgIpc) is 2.46. The minimum absolute atomic E-state index is 0. The van der Waals surface area contributed by atoms with Gasteiger partial charge in [0.1, 0.15) is 0 Å². The van der Waals surface area contributed by atoms with Crippen molar-refractivity contribution in [1.82, 2.24) is 4.72 Å². The predicted octanol–water partition coefficient (Wildman–Crippen LogP) is 2.65. The first-order valence-electron chi connectivity index (χ1n) is 8.04. The maximum atomic E-state index is 12.4. The number of anilines is 1. The molecular formula is C15H22F3IN4O3S. The molecule has 27 heavy (non-hydrogen) atoms. The summed E-state index contributed by atoms with van der Waals surface area (Å²) in [6, 6.07) is 5.33. The van der Waals surface area contributed by atoms with Gasteiger partial charge in [0.25, 0.3) is 0 Å². The van der Waals surface area contributed by atoms with Gasteiger partial charge in [-0.1, -0.05) is 18.6 Å². The molecule has 1 aliphatic carbocycles. The summed E-state index contributed by atoms with van der Waals surface area (Å²) in [5.41, 5.74) is 5.58. The molecule has 12 heteroatoms. The summed E-state index contributed by atoms with van der Waals surface area (Å²) in [5.74, 6) is -0.543. The molecule has 2 rings (SSSR count). The Morgan fingerprint density at radius 2 is 1.96 bits per heavy atom. The molecular weight excluding hydrogens is 500 g/mol. The van der Waals surface area contributed by atoms with Crippen LogP contribution in [0.1, 0.15) is 19.3 Å². The molecule has 1 aromatic rings. The lowest BCUT2D eigenvalue weighted by Crippen LogP contribution is -2.34. The van der Waals surface area contributed by atoms with Crippen LogP contribution < -0.4 is 20.5 Å². The average molecular weight is 522 g/mol. The van der Waals surface area contributed by atoms with Crippen LogP contribution in [-0.2, 0) is 10.0 Å². The number of rotatable bonds is 8. The number of nitrogens with one attached hydrogen (secondary N) is 2. The zero-order valence-electron chi connectivity index (χ0n) is 14.3. The van der Waals surface area contributed by atoms with Gasteiger partial charge in [-0.25, -0.2) is 13.1 Å². The predicted molar refractivity (Wildman–Crippen MR) is 108 cm³/mol. The molecule has 0 spiro atoms. The van der Waals surface area contributed by atoms with E-state index in [2.05, 4.69) is 19.8 Å². The second-order valence-corrected chi connectivity index (χ2v) is 7.83. The monoisotopic (exact) mass is 522 g/mol. The van der Waals surface area contributed by atoms with Crippen molar-refractivity contribution in [3.8, 4) is 5.75 Å². The fourth-order valence-electron chi connectivity index (χ4n) is 2.26. The van der Waals surface area contributed by atoms with Crippen molar-refractivity contribution in [3.05, 3.63) is 24.3 Å². The lowest BCUT2D eigenvalue weighted by molar-refractivity contribution is -0.274. The molecule has 1 saturated carbocycles. The van der Waals surface area contributed by atoms with Crippen molar-refractivity contribution in [2.75, 3.05) is 24.2 Å². The van der Waals surface area contributed by atoms with Gasteiger partial charge >= 0.3 is 6.36 Å². The maximum absolute atomic E-state index is 12.4. The molecule has 1 fully saturated rings. The molecule has 0 unspecified atom stereocenters. The lowest BCUT2D eigenvalue weighted by Gasteiger charge is -2.25. The number of alkyl halides is 3. The van der Waals surface area contributed by atoms with Crippen LogP contribution >= 0.6 is 24.0 Å². The molecule has 0 amide bonds. The summed E-state index contributed by atoms with van der Waals surface area (Å²) in [6.45, 7) is 0.295. The van der Waals surface area contributed by atoms with E-state index in [4.69, 9.17) is 5.73 Å². The largest absolute Gasteiger partial charge is 0.573 e. The van der Waals surface area contributed by atoms with E-state index in [1.165, 1.54) is 18.2 Å². The highest BCUT2D eigenvalue weighted by Gasteiger charge is 2.32. The molecule has 0 bridgehead atoms. The number of aliphatic imine (C=N–C) groups is 1. The molecule has 0 saturated heterocycles. The third kappa shape index (κ3) is 8.97. The lowest BCUT2D eigenvalue weighted by atomic mass is 9.86. The number of halogens is 4. The van der Waals surface area contributed by atoms with E-state index in [9.17, 15) is 21.6 Å². The van der Waals surface area contributed by atoms with Crippen molar-refractivity contribution in [1.29, 1.82) is 0 Å². The maximum Gasteiger partial charge on any atom is 0.573 e. The van der Waals surface area contributed by atoms with Gasteiger partial charge in [-0.15, -0.1) is 37.1 Å². The number of nitrogens with zero attached hydrogens (tertiary/aromatic N) is 1. The van der Waals surface area contributed by atoms with Crippen LogP contribution in [0.15, 0.2) is 29.3 Å². The first kappa shape index (κ1) is 23.8. The SMILES string of the molecule is I.NC(=NCCS(=O)(=O)NCC1CCC1)Nc1ccccc1OC(F)(F)F. The van der Waals surface area contributed by atoms with E-state index in [0.717, 1.165) is 25.3 Å². The topological polar surface area (TPSA) is 106 Å². The van der Waals surface area contributed by atoms with Crippen LogP contribution in [-0.4, -0.2) is 39.6 Å². The van der Waals surface area contributed by atoms with E-state index in [1.807, 2.05) is 0 Å². The highest BCUT2D eigenvalue weighted by Crippen LogP contribution is 2.29. The second kappa shape index (κ2) is 10.3. The van der Waals surface area contributed by atoms with Gasteiger partial charge in [0, 0.05) is 6.54 Å².